The van der Waals surface area contributed by atoms with E-state index in [-0.39, 0.29) is 0 Å². The molecule has 0 aliphatic carbocycles. The fraction of sp³-hybridized carbons (Fsp3) is 0.200. The highest BCUT2D eigenvalue weighted by Crippen LogP contribution is 2.23. The Labute approximate surface area is 97.3 Å². The Morgan fingerprint density at radius 1 is 1.62 bits per heavy atom. The first-order valence-electron chi connectivity index (χ1n) is 3.93. The van der Waals surface area contributed by atoms with Gasteiger partial charge in [-0.05, 0) is 47.7 Å². The zero-order valence-corrected chi connectivity index (χ0v) is 10.3. The highest BCUT2D eigenvalue weighted by molar-refractivity contribution is 14.1. The maximum Gasteiger partial charge on any atom is 0.0638 e. The van der Waals surface area contributed by atoms with Crippen LogP contribution < -0.4 is 5.32 Å². The number of nitrogens with one attached hydrogen (secondary N) is 1. The quantitative estimate of drug-likeness (QED) is 0.659. The lowest BCUT2D eigenvalue weighted by molar-refractivity contribution is 1.22. The molecule has 1 nitrogen and oxygen atoms in total. The highest BCUT2D eigenvalue weighted by atomic mass is 127. The van der Waals surface area contributed by atoms with Crippen LogP contribution in [0.3, 0.4) is 0 Å². The van der Waals surface area contributed by atoms with Crippen LogP contribution in [0.4, 0.5) is 5.69 Å². The summed E-state index contributed by atoms with van der Waals surface area (Å²) < 4.78 is 1.17. The molecule has 1 aromatic carbocycles. The van der Waals surface area contributed by atoms with E-state index in [1.165, 1.54) is 3.57 Å². The molecule has 1 rings (SSSR count). The van der Waals surface area contributed by atoms with Crippen molar-refractivity contribution in [3.63, 3.8) is 0 Å². The first-order valence-corrected chi connectivity index (χ1v) is 5.38. The molecule has 0 spiro atoms. The number of benzene rings is 1. The third-order valence-electron chi connectivity index (χ3n) is 1.51. The largest absolute Gasteiger partial charge is 0.380 e. The number of hydrogen-bond acceptors (Lipinski definition) is 1. The Hall–Kier alpha value is -0.220. The van der Waals surface area contributed by atoms with E-state index in [2.05, 4.69) is 34.5 Å². The summed E-state index contributed by atoms with van der Waals surface area (Å²) in [5.74, 6) is 0. The van der Waals surface area contributed by atoms with Gasteiger partial charge in [-0.1, -0.05) is 23.8 Å². The topological polar surface area (TPSA) is 12.0 Å². The SMILES string of the molecule is C=C(C)CNc1cc(I)ccc1Cl. The molecule has 1 N–H and O–H groups in total. The average Bonchev–Trinajstić information content (AvgIpc) is 2.06. The number of anilines is 1. The van der Waals surface area contributed by atoms with E-state index in [0.717, 1.165) is 22.8 Å². The van der Waals surface area contributed by atoms with Crippen LogP contribution in [0.1, 0.15) is 6.92 Å². The lowest BCUT2D eigenvalue weighted by atomic mass is 10.3. The molecular weight excluding hydrogens is 296 g/mol. The number of hydrogen-bond donors (Lipinski definition) is 1. The Morgan fingerprint density at radius 3 is 2.92 bits per heavy atom. The van der Waals surface area contributed by atoms with E-state index in [1.54, 1.807) is 0 Å². The summed E-state index contributed by atoms with van der Waals surface area (Å²) in [5.41, 5.74) is 2.06. The maximum absolute atomic E-state index is 5.98. The Bertz CT molecular complexity index is 323. The van der Waals surface area contributed by atoms with Crippen LogP contribution in [0.25, 0.3) is 0 Å². The fourth-order valence-corrected chi connectivity index (χ4v) is 1.55. The van der Waals surface area contributed by atoms with E-state index >= 15 is 0 Å². The molecule has 70 valence electrons. The fourth-order valence-electron chi connectivity index (χ4n) is 0.879. The van der Waals surface area contributed by atoms with E-state index in [9.17, 15) is 0 Å². The first kappa shape index (κ1) is 10.9. The molecule has 0 saturated heterocycles. The second-order valence-electron chi connectivity index (χ2n) is 2.93. The van der Waals surface area contributed by atoms with Crippen molar-refractivity contribution in [2.24, 2.45) is 0 Å². The molecule has 0 heterocycles. The van der Waals surface area contributed by atoms with Crippen molar-refractivity contribution in [3.05, 3.63) is 38.9 Å². The van der Waals surface area contributed by atoms with Gasteiger partial charge in [0.1, 0.15) is 0 Å². The van der Waals surface area contributed by atoms with Gasteiger partial charge in [0.15, 0.2) is 0 Å². The molecule has 0 aliphatic heterocycles. The van der Waals surface area contributed by atoms with Gasteiger partial charge in [-0.3, -0.25) is 0 Å². The van der Waals surface area contributed by atoms with Crippen molar-refractivity contribution >= 4 is 39.9 Å². The molecular formula is C10H11ClIN. The molecule has 0 amide bonds. The molecule has 0 atom stereocenters. The van der Waals surface area contributed by atoms with Gasteiger partial charge in [0.25, 0.3) is 0 Å². The molecule has 0 aliphatic rings. The van der Waals surface area contributed by atoms with Crippen molar-refractivity contribution in [1.29, 1.82) is 0 Å². The predicted molar refractivity (Wildman–Crippen MR) is 67.5 cm³/mol. The first-order chi connectivity index (χ1) is 6.09. The van der Waals surface area contributed by atoms with Gasteiger partial charge in [-0.2, -0.15) is 0 Å². The monoisotopic (exact) mass is 307 g/mol. The third-order valence-corrected chi connectivity index (χ3v) is 2.51. The Kier molecular flexibility index (Phi) is 4.06. The number of rotatable bonds is 3. The zero-order chi connectivity index (χ0) is 9.84. The second kappa shape index (κ2) is 4.86. The van der Waals surface area contributed by atoms with Gasteiger partial charge in [-0.25, -0.2) is 0 Å². The average molecular weight is 308 g/mol. The summed E-state index contributed by atoms with van der Waals surface area (Å²) in [7, 11) is 0. The van der Waals surface area contributed by atoms with E-state index in [4.69, 9.17) is 11.6 Å². The summed E-state index contributed by atoms with van der Waals surface area (Å²) in [6, 6.07) is 5.89. The lowest BCUT2D eigenvalue weighted by Crippen LogP contribution is -2.02. The summed E-state index contributed by atoms with van der Waals surface area (Å²) in [6.45, 7) is 6.56. The van der Waals surface area contributed by atoms with Crippen molar-refractivity contribution < 1.29 is 0 Å². The smallest absolute Gasteiger partial charge is 0.0638 e. The minimum atomic E-state index is 0.752. The van der Waals surface area contributed by atoms with Crippen LogP contribution in [-0.4, -0.2) is 6.54 Å². The van der Waals surface area contributed by atoms with Crippen LogP contribution in [0.2, 0.25) is 5.02 Å². The van der Waals surface area contributed by atoms with Crippen molar-refractivity contribution in [2.45, 2.75) is 6.92 Å². The van der Waals surface area contributed by atoms with Gasteiger partial charge in [0, 0.05) is 10.1 Å². The van der Waals surface area contributed by atoms with Gasteiger partial charge < -0.3 is 5.32 Å². The Balaban J connectivity index is 2.75. The number of halogens is 2. The Morgan fingerprint density at radius 2 is 2.31 bits per heavy atom. The summed E-state index contributed by atoms with van der Waals surface area (Å²) in [5, 5.41) is 3.97. The van der Waals surface area contributed by atoms with Gasteiger partial charge in [-0.15, -0.1) is 0 Å². The summed E-state index contributed by atoms with van der Waals surface area (Å²) >= 11 is 8.24. The molecule has 0 fully saturated rings. The molecule has 0 unspecified atom stereocenters. The maximum atomic E-state index is 5.98. The van der Waals surface area contributed by atoms with Crippen molar-refractivity contribution in [3.8, 4) is 0 Å². The molecule has 0 bridgehead atoms. The lowest BCUT2D eigenvalue weighted by Gasteiger charge is -2.08. The zero-order valence-electron chi connectivity index (χ0n) is 7.40. The van der Waals surface area contributed by atoms with Crippen LogP contribution in [0.15, 0.2) is 30.4 Å². The van der Waals surface area contributed by atoms with E-state index in [0.29, 0.717) is 0 Å². The molecule has 0 saturated carbocycles. The molecule has 1 aromatic rings. The van der Waals surface area contributed by atoms with Gasteiger partial charge >= 0.3 is 0 Å². The standard InChI is InChI=1S/C10H11ClIN/c1-7(2)6-13-10-5-8(12)3-4-9(10)11/h3-5,13H,1,6H2,2H3. The summed E-state index contributed by atoms with van der Waals surface area (Å²) in [6.07, 6.45) is 0. The van der Waals surface area contributed by atoms with E-state index in [1.807, 2.05) is 25.1 Å². The molecule has 13 heavy (non-hydrogen) atoms. The third kappa shape index (κ3) is 3.56. The van der Waals surface area contributed by atoms with Crippen molar-refractivity contribution in [1.82, 2.24) is 0 Å². The van der Waals surface area contributed by atoms with Crippen molar-refractivity contribution in [2.75, 3.05) is 11.9 Å². The van der Waals surface area contributed by atoms with Crippen LogP contribution >= 0.6 is 34.2 Å². The van der Waals surface area contributed by atoms with Crippen LogP contribution in [0, 0.1) is 3.57 Å². The minimum absolute atomic E-state index is 0.752. The summed E-state index contributed by atoms with van der Waals surface area (Å²) in [4.78, 5) is 0. The van der Waals surface area contributed by atoms with E-state index < -0.39 is 0 Å². The molecule has 3 heteroatoms. The molecule has 0 aromatic heterocycles. The van der Waals surface area contributed by atoms with Gasteiger partial charge in [0.2, 0.25) is 0 Å². The normalized spacial score (nSPS) is 9.77. The highest BCUT2D eigenvalue weighted by Gasteiger charge is 1.99. The predicted octanol–water partition coefficient (Wildman–Crippen LogP) is 3.93. The van der Waals surface area contributed by atoms with Crippen LogP contribution in [-0.2, 0) is 0 Å². The van der Waals surface area contributed by atoms with Gasteiger partial charge in [0.05, 0.1) is 10.7 Å². The minimum Gasteiger partial charge on any atom is -0.380 e. The van der Waals surface area contributed by atoms with Crippen LogP contribution in [0.5, 0.6) is 0 Å². The molecule has 0 radical (unpaired) electrons. The second-order valence-corrected chi connectivity index (χ2v) is 4.59.